The number of ether oxygens (including phenoxy) is 1. The minimum Gasteiger partial charge on any atom is -0.489 e. The van der Waals surface area contributed by atoms with Crippen molar-refractivity contribution in [1.82, 2.24) is 0 Å². The van der Waals surface area contributed by atoms with Crippen molar-refractivity contribution in [2.75, 3.05) is 0 Å². The quantitative estimate of drug-likeness (QED) is 0.477. The Balaban J connectivity index is 0.000000262. The lowest BCUT2D eigenvalue weighted by atomic mass is 10.1. The van der Waals surface area contributed by atoms with Crippen LogP contribution in [0.2, 0.25) is 0 Å². The fraction of sp³-hybridized carbons (Fsp3) is 0.174. The normalized spacial score (nSPS) is 11.7. The van der Waals surface area contributed by atoms with Gasteiger partial charge in [0.05, 0.1) is 4.90 Å². The molecule has 0 heterocycles. The Kier molecular flexibility index (Phi) is 8.75. The third kappa shape index (κ3) is 8.59. The molecule has 0 saturated heterocycles. The summed E-state index contributed by atoms with van der Waals surface area (Å²) < 4.78 is 35.2. The predicted octanol–water partition coefficient (Wildman–Crippen LogP) is 3.46. The van der Waals surface area contributed by atoms with E-state index in [1.807, 2.05) is 61.5 Å². The Morgan fingerprint density at radius 3 is 2.03 bits per heavy atom. The lowest BCUT2D eigenvalue weighted by molar-refractivity contribution is -0.138. The van der Waals surface area contributed by atoms with E-state index in [0.717, 1.165) is 22.4 Å². The summed E-state index contributed by atoms with van der Waals surface area (Å²) >= 11 is 0. The van der Waals surface area contributed by atoms with Crippen LogP contribution in [0.25, 0.3) is 0 Å². The molecule has 0 radical (unpaired) electrons. The van der Waals surface area contributed by atoms with Crippen molar-refractivity contribution in [3.63, 3.8) is 0 Å². The molecule has 0 unspecified atom stereocenters. The lowest BCUT2D eigenvalue weighted by Crippen LogP contribution is -2.32. The molecule has 0 spiro atoms. The van der Waals surface area contributed by atoms with Gasteiger partial charge in [0.1, 0.15) is 18.4 Å². The number of nitrogens with two attached hydrogens (primary N) is 1. The standard InChI is InChI=1S/C16H17NO3.C7H8O3S/c17-15(16(18)19)10-12-6-8-14(9-7-12)20-11-13-4-2-1-3-5-13;1-6-2-4-7(5-3-6)11(8,9)10/h1-9,15H,10-11,17H2,(H,18,19);2-5H,1H3,(H,8,9,10)/t15-;/m0./s1. The highest BCUT2D eigenvalue weighted by atomic mass is 32.2. The molecule has 1 atom stereocenters. The van der Waals surface area contributed by atoms with Crippen molar-refractivity contribution in [3.05, 3.63) is 95.6 Å². The molecule has 0 aliphatic carbocycles. The van der Waals surface area contributed by atoms with E-state index in [1.54, 1.807) is 12.1 Å². The molecule has 0 amide bonds. The SMILES string of the molecule is Cc1ccc(S(=O)(=O)O)cc1.N[C@@H](Cc1ccc(OCc2ccccc2)cc1)C(=O)O. The minimum absolute atomic E-state index is 0.0666. The van der Waals surface area contributed by atoms with Gasteiger partial charge in [0.15, 0.2) is 0 Å². The van der Waals surface area contributed by atoms with Crippen LogP contribution in [0.5, 0.6) is 5.75 Å². The number of rotatable bonds is 7. The van der Waals surface area contributed by atoms with Crippen LogP contribution >= 0.6 is 0 Å². The van der Waals surface area contributed by atoms with Crippen LogP contribution in [-0.2, 0) is 27.9 Å². The molecule has 7 nitrogen and oxygen atoms in total. The Hall–Kier alpha value is -3.20. The molecule has 0 aliphatic heterocycles. The number of carboxylic acid groups (broad SMARTS) is 1. The molecule has 0 saturated carbocycles. The molecule has 0 aliphatic rings. The van der Waals surface area contributed by atoms with E-state index in [0.29, 0.717) is 13.0 Å². The zero-order valence-corrected chi connectivity index (χ0v) is 17.8. The third-order valence-electron chi connectivity index (χ3n) is 4.26. The number of hydrogen-bond acceptors (Lipinski definition) is 5. The van der Waals surface area contributed by atoms with Crippen LogP contribution in [0, 0.1) is 6.92 Å². The summed E-state index contributed by atoms with van der Waals surface area (Å²) in [5.74, 6) is -0.240. The second kappa shape index (κ2) is 11.3. The van der Waals surface area contributed by atoms with Crippen LogP contribution in [-0.4, -0.2) is 30.1 Å². The van der Waals surface area contributed by atoms with E-state index < -0.39 is 22.1 Å². The van der Waals surface area contributed by atoms with Gasteiger partial charge >= 0.3 is 5.97 Å². The molecular formula is C23H25NO6S. The second-order valence-electron chi connectivity index (χ2n) is 6.86. The van der Waals surface area contributed by atoms with Gasteiger partial charge in [-0.25, -0.2) is 0 Å². The monoisotopic (exact) mass is 443 g/mol. The Morgan fingerprint density at radius 2 is 1.52 bits per heavy atom. The van der Waals surface area contributed by atoms with E-state index in [-0.39, 0.29) is 4.90 Å². The lowest BCUT2D eigenvalue weighted by Gasteiger charge is -2.09. The summed E-state index contributed by atoms with van der Waals surface area (Å²) in [5, 5.41) is 8.76. The zero-order chi connectivity index (χ0) is 22.9. The molecule has 3 aromatic rings. The van der Waals surface area contributed by atoms with Crippen LogP contribution < -0.4 is 10.5 Å². The van der Waals surface area contributed by atoms with E-state index in [1.165, 1.54) is 12.1 Å². The highest BCUT2D eigenvalue weighted by Crippen LogP contribution is 2.15. The molecule has 0 fully saturated rings. The average Bonchev–Trinajstić information content (AvgIpc) is 2.74. The first-order chi connectivity index (χ1) is 14.6. The van der Waals surface area contributed by atoms with E-state index in [4.69, 9.17) is 20.1 Å². The molecule has 3 aromatic carbocycles. The Bertz CT molecular complexity index is 1070. The summed E-state index contributed by atoms with van der Waals surface area (Å²) in [6, 6.07) is 22.3. The van der Waals surface area contributed by atoms with Crippen LogP contribution in [0.1, 0.15) is 16.7 Å². The van der Waals surface area contributed by atoms with Crippen molar-refractivity contribution in [2.45, 2.75) is 30.9 Å². The van der Waals surface area contributed by atoms with Gasteiger partial charge in [-0.3, -0.25) is 9.35 Å². The highest BCUT2D eigenvalue weighted by molar-refractivity contribution is 7.85. The van der Waals surface area contributed by atoms with Crippen molar-refractivity contribution < 1.29 is 27.6 Å². The summed E-state index contributed by atoms with van der Waals surface area (Å²) in [6.07, 6.45) is 0.314. The predicted molar refractivity (Wildman–Crippen MR) is 118 cm³/mol. The van der Waals surface area contributed by atoms with Gasteiger partial charge in [0, 0.05) is 0 Å². The van der Waals surface area contributed by atoms with Gasteiger partial charge in [-0.2, -0.15) is 8.42 Å². The van der Waals surface area contributed by atoms with Crippen LogP contribution in [0.3, 0.4) is 0 Å². The number of carboxylic acids is 1. The first kappa shape index (κ1) is 24.1. The molecule has 4 N–H and O–H groups in total. The highest BCUT2D eigenvalue weighted by Gasteiger charge is 2.11. The summed E-state index contributed by atoms with van der Waals surface area (Å²) in [5.41, 5.74) is 8.43. The largest absolute Gasteiger partial charge is 0.489 e. The molecule has 0 bridgehead atoms. The van der Waals surface area contributed by atoms with Crippen molar-refractivity contribution in [3.8, 4) is 5.75 Å². The molecule has 0 aromatic heterocycles. The first-order valence-corrected chi connectivity index (χ1v) is 10.9. The number of carbonyl (C=O) groups is 1. The zero-order valence-electron chi connectivity index (χ0n) is 17.0. The molecular weight excluding hydrogens is 418 g/mol. The topological polar surface area (TPSA) is 127 Å². The fourth-order valence-electron chi connectivity index (χ4n) is 2.51. The van der Waals surface area contributed by atoms with E-state index >= 15 is 0 Å². The maximum atomic E-state index is 10.7. The number of hydrogen-bond donors (Lipinski definition) is 3. The van der Waals surface area contributed by atoms with Crippen LogP contribution in [0.4, 0.5) is 0 Å². The smallest absolute Gasteiger partial charge is 0.320 e. The van der Waals surface area contributed by atoms with E-state index in [9.17, 15) is 13.2 Å². The maximum Gasteiger partial charge on any atom is 0.320 e. The molecule has 8 heteroatoms. The van der Waals surface area contributed by atoms with Gasteiger partial charge in [0.25, 0.3) is 10.1 Å². The van der Waals surface area contributed by atoms with Gasteiger partial charge in [0.2, 0.25) is 0 Å². The minimum atomic E-state index is -4.02. The Morgan fingerprint density at radius 1 is 0.935 bits per heavy atom. The second-order valence-corrected chi connectivity index (χ2v) is 8.28. The van der Waals surface area contributed by atoms with Crippen LogP contribution in [0.15, 0.2) is 83.8 Å². The summed E-state index contributed by atoms with van der Waals surface area (Å²) in [6.45, 7) is 2.35. The van der Waals surface area contributed by atoms with Gasteiger partial charge in [-0.05, 0) is 48.7 Å². The molecule has 164 valence electrons. The number of benzene rings is 3. The molecule has 31 heavy (non-hydrogen) atoms. The number of aliphatic carboxylic acids is 1. The van der Waals surface area contributed by atoms with E-state index in [2.05, 4.69) is 0 Å². The maximum absolute atomic E-state index is 10.7. The first-order valence-electron chi connectivity index (χ1n) is 9.43. The number of aryl methyl sites for hydroxylation is 1. The average molecular weight is 444 g/mol. The fourth-order valence-corrected chi connectivity index (χ4v) is 2.99. The van der Waals surface area contributed by atoms with Crippen molar-refractivity contribution in [1.29, 1.82) is 0 Å². The van der Waals surface area contributed by atoms with Crippen molar-refractivity contribution in [2.24, 2.45) is 5.73 Å². The third-order valence-corrected chi connectivity index (χ3v) is 5.13. The molecule has 3 rings (SSSR count). The summed E-state index contributed by atoms with van der Waals surface area (Å²) in [7, 11) is -4.02. The van der Waals surface area contributed by atoms with Gasteiger partial charge in [-0.15, -0.1) is 0 Å². The summed E-state index contributed by atoms with van der Waals surface area (Å²) in [4.78, 5) is 10.6. The van der Waals surface area contributed by atoms with Gasteiger partial charge in [-0.1, -0.05) is 60.2 Å². The Labute approximate surface area is 181 Å². The van der Waals surface area contributed by atoms with Gasteiger partial charge < -0.3 is 15.6 Å². The van der Waals surface area contributed by atoms with Crippen molar-refractivity contribution >= 4 is 16.1 Å².